The van der Waals surface area contributed by atoms with E-state index < -0.39 is 0 Å². The van der Waals surface area contributed by atoms with Gasteiger partial charge < -0.3 is 4.90 Å². The number of nitrogens with zero attached hydrogens (tertiary/aromatic N) is 1. The van der Waals surface area contributed by atoms with Gasteiger partial charge in [-0.3, -0.25) is 0 Å². The number of hydrogen-bond acceptors (Lipinski definition) is 1. The number of rotatable bonds is 3. The summed E-state index contributed by atoms with van der Waals surface area (Å²) in [6, 6.07) is 0.836. The van der Waals surface area contributed by atoms with Crippen LogP contribution >= 0.6 is 15.9 Å². The van der Waals surface area contributed by atoms with Gasteiger partial charge in [0.25, 0.3) is 0 Å². The third kappa shape index (κ3) is 2.46. The fraction of sp³-hybridized carbons (Fsp3) is 1.00. The highest BCUT2D eigenvalue weighted by atomic mass is 79.9. The molecule has 1 fully saturated rings. The number of piperidine rings is 1. The minimum Gasteiger partial charge on any atom is -0.300 e. The SMILES string of the molecule is CCN1CCCCC1C(C)CBr. The summed E-state index contributed by atoms with van der Waals surface area (Å²) in [5, 5.41) is 1.15. The van der Waals surface area contributed by atoms with Gasteiger partial charge in [-0.15, -0.1) is 0 Å². The molecule has 1 nitrogen and oxygen atoms in total. The highest BCUT2D eigenvalue weighted by Crippen LogP contribution is 2.23. The van der Waals surface area contributed by atoms with Crippen molar-refractivity contribution in [3.8, 4) is 0 Å². The fourth-order valence-corrected chi connectivity index (χ4v) is 2.59. The Bertz CT molecular complexity index is 127. The molecule has 2 heteroatoms. The van der Waals surface area contributed by atoms with E-state index in [2.05, 4.69) is 34.7 Å². The first-order valence-corrected chi connectivity index (χ1v) is 6.21. The molecule has 0 aromatic rings. The number of hydrogen-bond donors (Lipinski definition) is 0. The van der Waals surface area contributed by atoms with Crippen LogP contribution in [0.3, 0.4) is 0 Å². The quantitative estimate of drug-likeness (QED) is 0.679. The normalized spacial score (nSPS) is 28.8. The van der Waals surface area contributed by atoms with E-state index in [1.807, 2.05) is 0 Å². The third-order valence-electron chi connectivity index (χ3n) is 2.97. The molecule has 12 heavy (non-hydrogen) atoms. The molecule has 72 valence electrons. The molecule has 1 rings (SSSR count). The maximum atomic E-state index is 3.58. The topological polar surface area (TPSA) is 3.24 Å². The molecule has 0 saturated carbocycles. The van der Waals surface area contributed by atoms with E-state index in [1.54, 1.807) is 0 Å². The average molecular weight is 234 g/mol. The summed E-state index contributed by atoms with van der Waals surface area (Å²) in [5.41, 5.74) is 0. The standard InChI is InChI=1S/C10H20BrN/c1-3-12-7-5-4-6-10(12)9(2)8-11/h9-10H,3-8H2,1-2H3. The van der Waals surface area contributed by atoms with Crippen LogP contribution in [0.5, 0.6) is 0 Å². The molecule has 0 aromatic heterocycles. The van der Waals surface area contributed by atoms with Crippen molar-refractivity contribution in [2.75, 3.05) is 18.4 Å². The first-order chi connectivity index (χ1) is 5.79. The van der Waals surface area contributed by atoms with Gasteiger partial charge in [0, 0.05) is 11.4 Å². The molecule has 1 heterocycles. The van der Waals surface area contributed by atoms with Gasteiger partial charge in [-0.1, -0.05) is 36.2 Å². The largest absolute Gasteiger partial charge is 0.300 e. The van der Waals surface area contributed by atoms with Gasteiger partial charge >= 0.3 is 0 Å². The third-order valence-corrected chi connectivity index (χ3v) is 3.99. The van der Waals surface area contributed by atoms with Crippen molar-refractivity contribution < 1.29 is 0 Å². The Morgan fingerprint density at radius 1 is 1.50 bits per heavy atom. The summed E-state index contributed by atoms with van der Waals surface area (Å²) in [6.07, 6.45) is 4.23. The Labute approximate surface area is 84.6 Å². The zero-order valence-corrected chi connectivity index (χ0v) is 9.81. The first-order valence-electron chi connectivity index (χ1n) is 5.09. The Morgan fingerprint density at radius 2 is 2.25 bits per heavy atom. The molecule has 0 aliphatic carbocycles. The predicted molar refractivity (Wildman–Crippen MR) is 57.8 cm³/mol. The van der Waals surface area contributed by atoms with Gasteiger partial charge in [0.1, 0.15) is 0 Å². The maximum absolute atomic E-state index is 3.58. The minimum absolute atomic E-state index is 0.810. The highest BCUT2D eigenvalue weighted by molar-refractivity contribution is 9.09. The van der Waals surface area contributed by atoms with Crippen LogP contribution in [0, 0.1) is 5.92 Å². The number of alkyl halides is 1. The smallest absolute Gasteiger partial charge is 0.0129 e. The lowest BCUT2D eigenvalue weighted by molar-refractivity contribution is 0.121. The average Bonchev–Trinajstić information content (AvgIpc) is 2.16. The van der Waals surface area contributed by atoms with Crippen LogP contribution in [0.4, 0.5) is 0 Å². The molecule has 0 aromatic carbocycles. The maximum Gasteiger partial charge on any atom is 0.0129 e. The van der Waals surface area contributed by atoms with Crippen molar-refractivity contribution in [3.63, 3.8) is 0 Å². The van der Waals surface area contributed by atoms with Crippen molar-refractivity contribution in [1.29, 1.82) is 0 Å². The van der Waals surface area contributed by atoms with Crippen molar-refractivity contribution in [2.45, 2.75) is 39.2 Å². The van der Waals surface area contributed by atoms with E-state index in [0.29, 0.717) is 0 Å². The number of halogens is 1. The molecule has 0 spiro atoms. The Balaban J connectivity index is 2.46. The van der Waals surface area contributed by atoms with Gasteiger partial charge in [-0.2, -0.15) is 0 Å². The van der Waals surface area contributed by atoms with Crippen LogP contribution < -0.4 is 0 Å². The Kier molecular flexibility index (Phi) is 4.59. The summed E-state index contributed by atoms with van der Waals surface area (Å²) in [7, 11) is 0. The summed E-state index contributed by atoms with van der Waals surface area (Å²) < 4.78 is 0. The van der Waals surface area contributed by atoms with E-state index in [4.69, 9.17) is 0 Å². The summed E-state index contributed by atoms with van der Waals surface area (Å²) >= 11 is 3.58. The molecular formula is C10H20BrN. The second kappa shape index (κ2) is 5.23. The second-order valence-corrected chi connectivity index (χ2v) is 4.47. The van der Waals surface area contributed by atoms with Gasteiger partial charge in [0.05, 0.1) is 0 Å². The Morgan fingerprint density at radius 3 is 2.83 bits per heavy atom. The molecule has 1 aliphatic rings. The van der Waals surface area contributed by atoms with Crippen molar-refractivity contribution >= 4 is 15.9 Å². The van der Waals surface area contributed by atoms with E-state index >= 15 is 0 Å². The van der Waals surface area contributed by atoms with E-state index in [0.717, 1.165) is 17.3 Å². The van der Waals surface area contributed by atoms with Crippen LogP contribution in [0.2, 0.25) is 0 Å². The fourth-order valence-electron chi connectivity index (χ4n) is 2.16. The molecule has 1 saturated heterocycles. The van der Waals surface area contributed by atoms with Gasteiger partial charge in [-0.25, -0.2) is 0 Å². The van der Waals surface area contributed by atoms with E-state index in [1.165, 1.54) is 32.4 Å². The molecule has 2 atom stereocenters. The van der Waals surface area contributed by atoms with Crippen molar-refractivity contribution in [3.05, 3.63) is 0 Å². The lowest BCUT2D eigenvalue weighted by atomic mass is 9.93. The summed E-state index contributed by atoms with van der Waals surface area (Å²) in [6.45, 7) is 7.17. The first kappa shape index (κ1) is 10.5. The number of likely N-dealkylation sites (tertiary alicyclic amines) is 1. The summed E-state index contributed by atoms with van der Waals surface area (Å²) in [4.78, 5) is 2.63. The summed E-state index contributed by atoms with van der Waals surface area (Å²) in [5.74, 6) is 0.810. The molecule has 0 amide bonds. The zero-order chi connectivity index (χ0) is 8.97. The lowest BCUT2D eigenvalue weighted by Gasteiger charge is -2.38. The minimum atomic E-state index is 0.810. The predicted octanol–water partition coefficient (Wildman–Crippen LogP) is 2.89. The monoisotopic (exact) mass is 233 g/mol. The Hall–Kier alpha value is 0.440. The molecule has 0 N–H and O–H groups in total. The van der Waals surface area contributed by atoms with Gasteiger partial charge in [0.15, 0.2) is 0 Å². The van der Waals surface area contributed by atoms with Crippen LogP contribution in [-0.4, -0.2) is 29.4 Å². The molecule has 0 bridgehead atoms. The van der Waals surface area contributed by atoms with Gasteiger partial charge in [0.2, 0.25) is 0 Å². The van der Waals surface area contributed by atoms with Crippen molar-refractivity contribution in [2.24, 2.45) is 5.92 Å². The lowest BCUT2D eigenvalue weighted by Crippen LogP contribution is -2.43. The zero-order valence-electron chi connectivity index (χ0n) is 8.22. The van der Waals surface area contributed by atoms with Crippen molar-refractivity contribution in [1.82, 2.24) is 4.90 Å². The van der Waals surface area contributed by atoms with Crippen LogP contribution in [-0.2, 0) is 0 Å². The molecular weight excluding hydrogens is 214 g/mol. The van der Waals surface area contributed by atoms with Crippen LogP contribution in [0.25, 0.3) is 0 Å². The van der Waals surface area contributed by atoms with Gasteiger partial charge in [-0.05, 0) is 31.8 Å². The molecule has 1 aliphatic heterocycles. The van der Waals surface area contributed by atoms with Crippen LogP contribution in [0.15, 0.2) is 0 Å². The van der Waals surface area contributed by atoms with E-state index in [9.17, 15) is 0 Å². The highest BCUT2D eigenvalue weighted by Gasteiger charge is 2.24. The molecule has 0 radical (unpaired) electrons. The second-order valence-electron chi connectivity index (χ2n) is 3.82. The van der Waals surface area contributed by atoms with Crippen LogP contribution in [0.1, 0.15) is 33.1 Å². The molecule has 2 unspecified atom stereocenters. The van der Waals surface area contributed by atoms with E-state index in [-0.39, 0.29) is 0 Å².